The van der Waals surface area contributed by atoms with Gasteiger partial charge in [-0.2, -0.15) is 9.50 Å². The molecule has 1 fully saturated rings. The van der Waals surface area contributed by atoms with Crippen LogP contribution in [0.3, 0.4) is 0 Å². The van der Waals surface area contributed by atoms with Gasteiger partial charge in [-0.3, -0.25) is 0 Å². The lowest BCUT2D eigenvalue weighted by molar-refractivity contribution is -0.0347. The number of halogens is 2. The van der Waals surface area contributed by atoms with Crippen molar-refractivity contribution in [1.29, 1.82) is 0 Å². The van der Waals surface area contributed by atoms with Crippen LogP contribution in [-0.4, -0.2) is 39.8 Å². The first-order valence-electron chi connectivity index (χ1n) is 10.3. The number of nitrogens with zero attached hydrogens (tertiary/aromatic N) is 5. The van der Waals surface area contributed by atoms with Crippen LogP contribution >= 0.6 is 11.6 Å². The molecule has 0 radical (unpaired) electrons. The summed E-state index contributed by atoms with van der Waals surface area (Å²) in [4.78, 5) is 11.2. The summed E-state index contributed by atoms with van der Waals surface area (Å²) in [5, 5.41) is 5.10. The van der Waals surface area contributed by atoms with Crippen LogP contribution in [0, 0.1) is 5.82 Å². The summed E-state index contributed by atoms with van der Waals surface area (Å²) in [5.41, 5.74) is 8.08. The van der Waals surface area contributed by atoms with E-state index in [1.807, 2.05) is 30.3 Å². The Morgan fingerprint density at radius 1 is 1.06 bits per heavy atom. The van der Waals surface area contributed by atoms with E-state index in [9.17, 15) is 4.39 Å². The molecule has 0 aliphatic carbocycles. The maximum absolute atomic E-state index is 13.6. The van der Waals surface area contributed by atoms with Crippen LogP contribution in [0.2, 0.25) is 5.02 Å². The van der Waals surface area contributed by atoms with E-state index in [1.165, 1.54) is 16.6 Å². The maximum Gasteiger partial charge on any atom is 0.225 e. The molecule has 2 N–H and O–H groups in total. The highest BCUT2D eigenvalue weighted by Crippen LogP contribution is 2.38. The first kappa shape index (κ1) is 20.7. The molecular formula is C23H22ClFN6O. The number of hydrogen-bond donors (Lipinski definition) is 1. The molecule has 7 nitrogen and oxygen atoms in total. The van der Waals surface area contributed by atoms with E-state index in [4.69, 9.17) is 22.1 Å². The summed E-state index contributed by atoms with van der Waals surface area (Å²) in [7, 11) is 1.75. The zero-order valence-electron chi connectivity index (χ0n) is 17.5. The van der Waals surface area contributed by atoms with Crippen molar-refractivity contribution in [3.63, 3.8) is 0 Å². The smallest absolute Gasteiger partial charge is 0.225 e. The van der Waals surface area contributed by atoms with Gasteiger partial charge in [0.05, 0.1) is 5.60 Å². The summed E-state index contributed by atoms with van der Waals surface area (Å²) in [6, 6.07) is 15.8. The predicted octanol–water partition coefficient (Wildman–Crippen LogP) is 4.31. The maximum atomic E-state index is 13.6. The second kappa shape index (κ2) is 8.03. The SMILES string of the molecule is COC1(c2ccc(Cl)cc2)CCN(c2cc3nc(-c4cccc(F)c4)nn3c(N)n2)CC1. The van der Waals surface area contributed by atoms with Gasteiger partial charge < -0.3 is 15.4 Å². The third-order valence-electron chi connectivity index (χ3n) is 6.08. The van der Waals surface area contributed by atoms with Crippen LogP contribution in [0.25, 0.3) is 17.0 Å². The molecule has 4 aromatic rings. The lowest BCUT2D eigenvalue weighted by atomic mass is 9.84. The molecule has 0 bridgehead atoms. The van der Waals surface area contributed by atoms with E-state index in [0.717, 1.165) is 37.3 Å². The number of nitrogens with two attached hydrogens (primary N) is 1. The molecule has 1 saturated heterocycles. The molecule has 0 atom stereocenters. The Hall–Kier alpha value is -3.23. The first-order valence-corrected chi connectivity index (χ1v) is 10.7. The monoisotopic (exact) mass is 452 g/mol. The second-order valence-corrected chi connectivity index (χ2v) is 8.32. The van der Waals surface area contributed by atoms with E-state index >= 15 is 0 Å². The fraction of sp³-hybridized carbons (Fsp3) is 0.261. The molecule has 0 unspecified atom stereocenters. The van der Waals surface area contributed by atoms with Gasteiger partial charge in [0.2, 0.25) is 5.95 Å². The first-order chi connectivity index (χ1) is 15.5. The Morgan fingerprint density at radius 2 is 1.81 bits per heavy atom. The standard InChI is InChI=1S/C23H22ClFN6O/c1-32-23(16-5-7-17(24)8-6-16)9-11-30(12-10-23)19-14-20-27-21(29-31(20)22(26)28-19)15-3-2-4-18(25)13-15/h2-8,13-14H,9-12H2,1H3,(H2,26,28). The fourth-order valence-corrected chi connectivity index (χ4v) is 4.40. The van der Waals surface area contributed by atoms with E-state index < -0.39 is 0 Å². The van der Waals surface area contributed by atoms with Gasteiger partial charge in [-0.15, -0.1) is 5.10 Å². The molecule has 0 saturated carbocycles. The number of fused-ring (bicyclic) bond motifs is 1. The van der Waals surface area contributed by atoms with Gasteiger partial charge in [-0.1, -0.05) is 35.9 Å². The fourth-order valence-electron chi connectivity index (χ4n) is 4.27. The molecular weight excluding hydrogens is 431 g/mol. The third-order valence-corrected chi connectivity index (χ3v) is 6.33. The molecule has 2 aromatic heterocycles. The van der Waals surface area contributed by atoms with Gasteiger partial charge in [0.25, 0.3) is 0 Å². The molecule has 5 rings (SSSR count). The number of methoxy groups -OCH3 is 1. The number of piperidine rings is 1. The van der Waals surface area contributed by atoms with Crippen molar-refractivity contribution < 1.29 is 9.13 Å². The number of anilines is 2. The average Bonchev–Trinajstić information content (AvgIpc) is 3.25. The van der Waals surface area contributed by atoms with Crippen LogP contribution in [0.5, 0.6) is 0 Å². The lowest BCUT2D eigenvalue weighted by Crippen LogP contribution is -2.44. The van der Waals surface area contributed by atoms with Gasteiger partial charge in [0, 0.05) is 36.9 Å². The molecule has 9 heteroatoms. The van der Waals surface area contributed by atoms with E-state index in [1.54, 1.807) is 19.2 Å². The normalized spacial score (nSPS) is 15.9. The zero-order chi connectivity index (χ0) is 22.3. The molecule has 164 valence electrons. The Kier molecular flexibility index (Phi) is 5.19. The highest BCUT2D eigenvalue weighted by atomic mass is 35.5. The van der Waals surface area contributed by atoms with Crippen molar-refractivity contribution in [2.75, 3.05) is 30.8 Å². The Bertz CT molecular complexity index is 1270. The number of ether oxygens (including phenoxy) is 1. The summed E-state index contributed by atoms with van der Waals surface area (Å²) in [6.07, 6.45) is 1.58. The van der Waals surface area contributed by atoms with Gasteiger partial charge in [-0.25, -0.2) is 9.37 Å². The van der Waals surface area contributed by atoms with Crippen molar-refractivity contribution in [3.8, 4) is 11.4 Å². The van der Waals surface area contributed by atoms with Crippen LogP contribution in [0.1, 0.15) is 18.4 Å². The van der Waals surface area contributed by atoms with Crippen molar-refractivity contribution in [3.05, 3.63) is 71.0 Å². The van der Waals surface area contributed by atoms with Crippen LogP contribution in [0.4, 0.5) is 16.2 Å². The van der Waals surface area contributed by atoms with Crippen LogP contribution in [0.15, 0.2) is 54.6 Å². The van der Waals surface area contributed by atoms with E-state index in [-0.39, 0.29) is 17.4 Å². The van der Waals surface area contributed by atoms with Crippen LogP contribution in [-0.2, 0) is 10.3 Å². The minimum atomic E-state index is -0.365. The summed E-state index contributed by atoms with van der Waals surface area (Å²) in [6.45, 7) is 1.48. The quantitative estimate of drug-likeness (QED) is 0.497. The third kappa shape index (κ3) is 3.65. The number of rotatable bonds is 4. The van der Waals surface area contributed by atoms with Gasteiger partial charge in [-0.05, 0) is 42.7 Å². The van der Waals surface area contributed by atoms with Crippen molar-refractivity contribution in [2.24, 2.45) is 0 Å². The van der Waals surface area contributed by atoms with Crippen molar-refractivity contribution in [2.45, 2.75) is 18.4 Å². The molecule has 3 heterocycles. The molecule has 1 aliphatic heterocycles. The number of aromatic nitrogens is 4. The molecule has 1 aliphatic rings. The van der Waals surface area contributed by atoms with Crippen LogP contribution < -0.4 is 10.6 Å². The minimum Gasteiger partial charge on any atom is -0.373 e. The zero-order valence-corrected chi connectivity index (χ0v) is 18.3. The van der Waals surface area contributed by atoms with E-state index in [0.29, 0.717) is 22.1 Å². The van der Waals surface area contributed by atoms with Crippen molar-refractivity contribution >= 4 is 29.0 Å². The highest BCUT2D eigenvalue weighted by Gasteiger charge is 2.36. The average molecular weight is 453 g/mol. The summed E-state index contributed by atoms with van der Waals surface area (Å²) >= 11 is 6.05. The topological polar surface area (TPSA) is 81.6 Å². The number of hydrogen-bond acceptors (Lipinski definition) is 6. The minimum absolute atomic E-state index is 0.230. The molecule has 2 aromatic carbocycles. The largest absolute Gasteiger partial charge is 0.373 e. The second-order valence-electron chi connectivity index (χ2n) is 7.88. The predicted molar refractivity (Wildman–Crippen MR) is 122 cm³/mol. The van der Waals surface area contributed by atoms with Gasteiger partial charge in [0.1, 0.15) is 11.6 Å². The van der Waals surface area contributed by atoms with Gasteiger partial charge in [0.15, 0.2) is 11.5 Å². The molecule has 0 amide bonds. The Balaban J connectivity index is 1.41. The lowest BCUT2D eigenvalue weighted by Gasteiger charge is -2.41. The van der Waals surface area contributed by atoms with Gasteiger partial charge >= 0.3 is 0 Å². The molecule has 32 heavy (non-hydrogen) atoms. The molecule has 0 spiro atoms. The Morgan fingerprint density at radius 3 is 2.50 bits per heavy atom. The summed E-state index contributed by atoms with van der Waals surface area (Å²) < 4.78 is 21.1. The summed E-state index contributed by atoms with van der Waals surface area (Å²) in [5.74, 6) is 1.02. The van der Waals surface area contributed by atoms with Crippen molar-refractivity contribution in [1.82, 2.24) is 19.6 Å². The Labute approximate surface area is 189 Å². The van der Waals surface area contributed by atoms with E-state index in [2.05, 4.69) is 20.0 Å². The number of benzene rings is 2. The highest BCUT2D eigenvalue weighted by molar-refractivity contribution is 6.30. The number of nitrogen functional groups attached to an aromatic ring is 1.